The summed E-state index contributed by atoms with van der Waals surface area (Å²) >= 11 is 0. The van der Waals surface area contributed by atoms with Gasteiger partial charge in [-0.2, -0.15) is 0 Å². The number of rotatable bonds is 8. The van der Waals surface area contributed by atoms with Crippen molar-refractivity contribution in [3.05, 3.63) is 77.7 Å². The molecule has 0 spiro atoms. The average molecular weight is 412 g/mol. The fourth-order valence-electron chi connectivity index (χ4n) is 3.81. The summed E-state index contributed by atoms with van der Waals surface area (Å²) in [6.07, 6.45) is 6.20. The second kappa shape index (κ2) is 8.39. The lowest BCUT2D eigenvalue weighted by molar-refractivity contribution is 0.322. The minimum absolute atomic E-state index is 0.0151. The highest BCUT2D eigenvalue weighted by Gasteiger charge is 2.23. The molecule has 6 nitrogen and oxygen atoms in total. The van der Waals surface area contributed by atoms with E-state index in [1.54, 1.807) is 11.6 Å². The Balaban J connectivity index is 1.34. The largest absolute Gasteiger partial charge is 0.492 e. The Morgan fingerprint density at radius 3 is 2.79 bits per heavy atom. The molecule has 3 aromatic rings. The van der Waals surface area contributed by atoms with Crippen LogP contribution in [0.25, 0.3) is 0 Å². The number of nitrogens with zero attached hydrogens (tertiary/aromatic N) is 2. The van der Waals surface area contributed by atoms with E-state index < -0.39 is 10.0 Å². The molecule has 1 heterocycles. The number of ether oxygens (including phenoxy) is 1. The van der Waals surface area contributed by atoms with E-state index in [9.17, 15) is 8.42 Å². The molecule has 2 aromatic carbocycles. The number of sulfonamides is 1. The number of hydrogen-bond donors (Lipinski definition) is 1. The smallest absolute Gasteiger partial charge is 0.259 e. The van der Waals surface area contributed by atoms with Gasteiger partial charge in [-0.05, 0) is 54.0 Å². The summed E-state index contributed by atoms with van der Waals surface area (Å²) in [7, 11) is -1.88. The van der Waals surface area contributed by atoms with E-state index in [2.05, 4.69) is 46.1 Å². The summed E-state index contributed by atoms with van der Waals surface area (Å²) in [4.78, 5) is 3.88. The number of benzene rings is 2. The summed E-state index contributed by atoms with van der Waals surface area (Å²) in [5, 5.41) is 0.0151. The van der Waals surface area contributed by atoms with Gasteiger partial charge in [0.25, 0.3) is 10.0 Å². The predicted molar refractivity (Wildman–Crippen MR) is 112 cm³/mol. The van der Waals surface area contributed by atoms with Gasteiger partial charge >= 0.3 is 0 Å². The van der Waals surface area contributed by atoms with Crippen LogP contribution in [0, 0.1) is 0 Å². The summed E-state index contributed by atoms with van der Waals surface area (Å²) in [5.41, 5.74) is 4.08. The zero-order chi connectivity index (χ0) is 20.3. The highest BCUT2D eigenvalue weighted by Crippen LogP contribution is 2.37. The third-order valence-corrected chi connectivity index (χ3v) is 6.61. The molecule has 0 amide bonds. The zero-order valence-corrected chi connectivity index (χ0v) is 17.2. The number of hydrogen-bond acceptors (Lipinski definition) is 4. The van der Waals surface area contributed by atoms with Gasteiger partial charge in [-0.15, -0.1) is 0 Å². The molecule has 4 rings (SSSR count). The van der Waals surface area contributed by atoms with E-state index in [0.717, 1.165) is 25.0 Å². The van der Waals surface area contributed by atoms with Crippen LogP contribution in [0.2, 0.25) is 0 Å². The Bertz CT molecular complexity index is 1080. The normalized spacial score (nSPS) is 16.0. The minimum Gasteiger partial charge on any atom is -0.492 e. The van der Waals surface area contributed by atoms with Gasteiger partial charge in [0.1, 0.15) is 12.4 Å². The van der Waals surface area contributed by atoms with Gasteiger partial charge in [-0.25, -0.2) is 18.1 Å². The van der Waals surface area contributed by atoms with E-state index in [-0.39, 0.29) is 18.2 Å². The van der Waals surface area contributed by atoms with Crippen molar-refractivity contribution >= 4 is 10.0 Å². The molecule has 7 heteroatoms. The molecule has 0 aliphatic heterocycles. The molecule has 1 aliphatic carbocycles. The van der Waals surface area contributed by atoms with Crippen molar-refractivity contribution < 1.29 is 13.2 Å². The van der Waals surface area contributed by atoms with Crippen LogP contribution in [-0.2, 0) is 29.9 Å². The summed E-state index contributed by atoms with van der Waals surface area (Å²) < 4.78 is 34.3. The Kier molecular flexibility index (Phi) is 5.69. The van der Waals surface area contributed by atoms with Crippen molar-refractivity contribution in [2.24, 2.45) is 7.05 Å². The molecule has 0 bridgehead atoms. The van der Waals surface area contributed by atoms with Crippen LogP contribution in [0.4, 0.5) is 0 Å². The van der Waals surface area contributed by atoms with Crippen LogP contribution < -0.4 is 9.46 Å². The van der Waals surface area contributed by atoms with Crippen molar-refractivity contribution in [2.45, 2.75) is 30.2 Å². The molecule has 0 saturated heterocycles. The van der Waals surface area contributed by atoms with E-state index in [4.69, 9.17) is 4.74 Å². The number of aryl methyl sites for hydroxylation is 2. The molecule has 29 heavy (non-hydrogen) atoms. The second-order valence-electron chi connectivity index (χ2n) is 7.41. The Labute approximate surface area is 171 Å². The van der Waals surface area contributed by atoms with Crippen LogP contribution in [0.15, 0.2) is 66.1 Å². The van der Waals surface area contributed by atoms with Crippen LogP contribution in [-0.4, -0.2) is 31.1 Å². The maximum Gasteiger partial charge on any atom is 0.259 e. The molecule has 1 N–H and O–H groups in total. The third kappa shape index (κ3) is 4.68. The Hall–Kier alpha value is -2.64. The first-order valence-corrected chi connectivity index (χ1v) is 11.3. The van der Waals surface area contributed by atoms with Gasteiger partial charge in [0.05, 0.1) is 6.33 Å². The molecule has 0 radical (unpaired) electrons. The van der Waals surface area contributed by atoms with Gasteiger partial charge in [0.2, 0.25) is 0 Å². The van der Waals surface area contributed by atoms with Gasteiger partial charge < -0.3 is 9.30 Å². The summed E-state index contributed by atoms with van der Waals surface area (Å²) in [6.45, 7) is 0.442. The fourth-order valence-corrected chi connectivity index (χ4v) is 4.80. The molecule has 0 saturated carbocycles. The third-order valence-electron chi connectivity index (χ3n) is 5.26. The van der Waals surface area contributed by atoms with E-state index >= 15 is 0 Å². The quantitative estimate of drug-likeness (QED) is 0.578. The Morgan fingerprint density at radius 1 is 1.21 bits per heavy atom. The Morgan fingerprint density at radius 2 is 2.03 bits per heavy atom. The predicted octanol–water partition coefficient (Wildman–Crippen LogP) is 3.05. The lowest BCUT2D eigenvalue weighted by atomic mass is 9.93. The van der Waals surface area contributed by atoms with Crippen molar-refractivity contribution in [3.8, 4) is 5.75 Å². The van der Waals surface area contributed by atoms with E-state index in [0.29, 0.717) is 5.92 Å². The molecular weight excluding hydrogens is 386 g/mol. The second-order valence-corrected chi connectivity index (χ2v) is 9.12. The van der Waals surface area contributed by atoms with Gasteiger partial charge in [0, 0.05) is 19.8 Å². The molecule has 1 aliphatic rings. The SMILES string of the molecule is Cn1cnc(S(=O)(=O)NCCOc2ccc3c(c2)C(Cc2ccccc2)CC3)c1. The average Bonchev–Trinajstić information content (AvgIpc) is 3.33. The van der Waals surface area contributed by atoms with Crippen LogP contribution in [0.1, 0.15) is 29.0 Å². The summed E-state index contributed by atoms with van der Waals surface area (Å²) in [5.74, 6) is 1.28. The zero-order valence-electron chi connectivity index (χ0n) is 16.4. The number of aromatic nitrogens is 2. The standard InChI is InChI=1S/C22H25N3O3S/c1-25-15-22(23-16-25)29(26,27)24-11-12-28-20-10-9-18-7-8-19(21(18)14-20)13-17-5-3-2-4-6-17/h2-6,9-10,14-16,19,24H,7-8,11-13H2,1H3. The first-order valence-electron chi connectivity index (χ1n) is 9.78. The number of imidazole rings is 1. The molecule has 1 aromatic heterocycles. The van der Waals surface area contributed by atoms with E-state index in [1.807, 2.05) is 12.1 Å². The van der Waals surface area contributed by atoms with Gasteiger partial charge in [-0.3, -0.25) is 0 Å². The van der Waals surface area contributed by atoms with E-state index in [1.165, 1.54) is 29.2 Å². The maximum atomic E-state index is 12.2. The lowest BCUT2D eigenvalue weighted by Gasteiger charge is -2.14. The monoisotopic (exact) mass is 411 g/mol. The summed E-state index contributed by atoms with van der Waals surface area (Å²) in [6, 6.07) is 16.8. The molecule has 152 valence electrons. The van der Waals surface area contributed by atoms with Crippen molar-refractivity contribution in [1.29, 1.82) is 0 Å². The lowest BCUT2D eigenvalue weighted by Crippen LogP contribution is -2.28. The highest BCUT2D eigenvalue weighted by molar-refractivity contribution is 7.89. The first kappa shape index (κ1) is 19.7. The molecule has 1 unspecified atom stereocenters. The molecule has 1 atom stereocenters. The minimum atomic E-state index is -3.61. The van der Waals surface area contributed by atoms with Crippen molar-refractivity contribution in [2.75, 3.05) is 13.2 Å². The fraction of sp³-hybridized carbons (Fsp3) is 0.318. The number of fused-ring (bicyclic) bond motifs is 1. The van der Waals surface area contributed by atoms with Crippen LogP contribution >= 0.6 is 0 Å². The van der Waals surface area contributed by atoms with Gasteiger partial charge in [0.15, 0.2) is 5.03 Å². The first-order chi connectivity index (χ1) is 14.0. The maximum absolute atomic E-state index is 12.2. The van der Waals surface area contributed by atoms with Gasteiger partial charge in [-0.1, -0.05) is 36.4 Å². The molecular formula is C22H25N3O3S. The molecule has 0 fully saturated rings. The van der Waals surface area contributed by atoms with Crippen LogP contribution in [0.3, 0.4) is 0 Å². The number of nitrogens with one attached hydrogen (secondary N) is 1. The highest BCUT2D eigenvalue weighted by atomic mass is 32.2. The van der Waals surface area contributed by atoms with Crippen molar-refractivity contribution in [3.63, 3.8) is 0 Å². The van der Waals surface area contributed by atoms with Crippen LogP contribution in [0.5, 0.6) is 5.75 Å². The van der Waals surface area contributed by atoms with Crippen molar-refractivity contribution in [1.82, 2.24) is 14.3 Å². The topological polar surface area (TPSA) is 73.2 Å².